The smallest absolute Gasteiger partial charge is 0.225 e. The van der Waals surface area contributed by atoms with Crippen molar-refractivity contribution >= 4 is 11.6 Å². The highest BCUT2D eigenvalue weighted by molar-refractivity contribution is 6.28. The average molecular weight is 278 g/mol. The summed E-state index contributed by atoms with van der Waals surface area (Å²) < 4.78 is 2.06. The lowest BCUT2D eigenvalue weighted by atomic mass is 10.1. The third-order valence-electron chi connectivity index (χ3n) is 3.33. The van der Waals surface area contributed by atoms with E-state index in [1.54, 1.807) is 0 Å². The molecule has 1 aromatic heterocycles. The molecule has 0 bridgehead atoms. The Labute approximate surface area is 119 Å². The lowest BCUT2D eigenvalue weighted by Crippen LogP contribution is -2.10. The van der Waals surface area contributed by atoms with Crippen molar-refractivity contribution in [2.24, 2.45) is 0 Å². The fourth-order valence-electron chi connectivity index (χ4n) is 2.28. The molecule has 0 saturated heterocycles. The van der Waals surface area contributed by atoms with Crippen LogP contribution in [-0.2, 0) is 12.8 Å². The fraction of sp³-hybridized carbons (Fsp3) is 0.467. The van der Waals surface area contributed by atoms with Crippen LogP contribution in [0.2, 0.25) is 5.28 Å². The van der Waals surface area contributed by atoms with Gasteiger partial charge in [0, 0.05) is 12.5 Å². The first-order chi connectivity index (χ1) is 9.22. The molecule has 0 aliphatic heterocycles. The van der Waals surface area contributed by atoms with Crippen molar-refractivity contribution in [1.82, 2.24) is 14.8 Å². The molecular weight excluding hydrogens is 258 g/mol. The summed E-state index contributed by atoms with van der Waals surface area (Å²) in [6.07, 6.45) is 4.07. The fourth-order valence-corrected chi connectivity index (χ4v) is 2.58. The van der Waals surface area contributed by atoms with E-state index in [9.17, 15) is 0 Å². The van der Waals surface area contributed by atoms with Gasteiger partial charge in [0.1, 0.15) is 5.82 Å². The zero-order chi connectivity index (χ0) is 13.7. The van der Waals surface area contributed by atoms with Crippen LogP contribution in [0.25, 0.3) is 0 Å². The topological polar surface area (TPSA) is 30.7 Å². The van der Waals surface area contributed by atoms with Crippen LogP contribution in [0.5, 0.6) is 0 Å². The molecule has 0 saturated carbocycles. The molecule has 0 aliphatic carbocycles. The lowest BCUT2D eigenvalue weighted by Gasteiger charge is -2.16. The molecule has 2 aromatic rings. The maximum absolute atomic E-state index is 6.15. The van der Waals surface area contributed by atoms with Gasteiger partial charge in [0.05, 0.1) is 0 Å². The van der Waals surface area contributed by atoms with E-state index < -0.39 is 0 Å². The van der Waals surface area contributed by atoms with Crippen molar-refractivity contribution in [3.8, 4) is 0 Å². The quantitative estimate of drug-likeness (QED) is 0.797. The molecule has 0 radical (unpaired) electrons. The summed E-state index contributed by atoms with van der Waals surface area (Å²) in [5.41, 5.74) is 1.36. The largest absolute Gasteiger partial charge is 0.299 e. The van der Waals surface area contributed by atoms with Gasteiger partial charge in [-0.15, -0.1) is 10.2 Å². The molecule has 3 nitrogen and oxygen atoms in total. The van der Waals surface area contributed by atoms with Crippen molar-refractivity contribution in [3.05, 3.63) is 47.0 Å². The van der Waals surface area contributed by atoms with E-state index in [4.69, 9.17) is 11.6 Å². The number of benzene rings is 1. The van der Waals surface area contributed by atoms with E-state index in [1.807, 2.05) is 6.07 Å². The van der Waals surface area contributed by atoms with Gasteiger partial charge in [0.2, 0.25) is 5.28 Å². The highest BCUT2D eigenvalue weighted by Gasteiger charge is 2.15. The molecule has 1 atom stereocenters. The number of halogens is 1. The maximum atomic E-state index is 6.15. The third-order valence-corrected chi connectivity index (χ3v) is 3.59. The minimum absolute atomic E-state index is 0.323. The molecule has 4 heteroatoms. The zero-order valence-corrected chi connectivity index (χ0v) is 12.3. The van der Waals surface area contributed by atoms with Gasteiger partial charge >= 0.3 is 0 Å². The van der Waals surface area contributed by atoms with Gasteiger partial charge in [-0.05, 0) is 43.4 Å². The molecule has 0 N–H and O–H groups in total. The zero-order valence-electron chi connectivity index (χ0n) is 11.5. The second kappa shape index (κ2) is 6.71. The van der Waals surface area contributed by atoms with Gasteiger partial charge in [-0.1, -0.05) is 37.3 Å². The Morgan fingerprint density at radius 3 is 2.58 bits per heavy atom. The van der Waals surface area contributed by atoms with E-state index >= 15 is 0 Å². The first-order valence-electron chi connectivity index (χ1n) is 6.85. The van der Waals surface area contributed by atoms with Crippen LogP contribution in [0, 0.1) is 0 Å². The van der Waals surface area contributed by atoms with Crippen molar-refractivity contribution in [3.63, 3.8) is 0 Å². The molecule has 102 valence electrons. The average Bonchev–Trinajstić information content (AvgIpc) is 2.79. The Hall–Kier alpha value is -1.35. The van der Waals surface area contributed by atoms with E-state index in [-0.39, 0.29) is 0 Å². The molecule has 1 unspecified atom stereocenters. The minimum atomic E-state index is 0.323. The predicted octanol–water partition coefficient (Wildman–Crippen LogP) is 4.08. The Kier molecular flexibility index (Phi) is 4.97. The molecule has 0 fully saturated rings. The number of aromatic nitrogens is 3. The number of hydrogen-bond acceptors (Lipinski definition) is 2. The number of rotatable bonds is 6. The van der Waals surface area contributed by atoms with Crippen LogP contribution in [-0.4, -0.2) is 14.8 Å². The monoisotopic (exact) mass is 277 g/mol. The van der Waals surface area contributed by atoms with Gasteiger partial charge in [0.25, 0.3) is 0 Å². The summed E-state index contributed by atoms with van der Waals surface area (Å²) in [7, 11) is 0. The first kappa shape index (κ1) is 14.1. The van der Waals surface area contributed by atoms with Gasteiger partial charge in [-0.2, -0.15) is 0 Å². The summed E-state index contributed by atoms with van der Waals surface area (Å²) in [5, 5.41) is 8.66. The normalized spacial score (nSPS) is 12.6. The molecule has 1 aromatic carbocycles. The van der Waals surface area contributed by atoms with Crippen LogP contribution in [0.3, 0.4) is 0 Å². The maximum Gasteiger partial charge on any atom is 0.225 e. The Bertz CT molecular complexity index is 507. The Balaban J connectivity index is 2.03. The number of aryl methyl sites for hydroxylation is 2. The van der Waals surface area contributed by atoms with Crippen molar-refractivity contribution in [1.29, 1.82) is 0 Å². The van der Waals surface area contributed by atoms with Gasteiger partial charge < -0.3 is 0 Å². The van der Waals surface area contributed by atoms with Crippen LogP contribution < -0.4 is 0 Å². The van der Waals surface area contributed by atoms with E-state index in [0.717, 1.165) is 31.5 Å². The summed E-state index contributed by atoms with van der Waals surface area (Å²) in [6.45, 7) is 4.32. The Morgan fingerprint density at radius 2 is 1.89 bits per heavy atom. The molecule has 1 heterocycles. The standard InChI is InChI=1S/C15H20ClN3/c1-3-7-14-17-18-15(16)19(14)12(2)10-11-13-8-5-4-6-9-13/h4-6,8-9,12H,3,7,10-11H2,1-2H3. The molecule has 0 aliphatic rings. The van der Waals surface area contributed by atoms with Crippen LogP contribution in [0.4, 0.5) is 0 Å². The Morgan fingerprint density at radius 1 is 1.16 bits per heavy atom. The summed E-state index contributed by atoms with van der Waals surface area (Å²) in [5.74, 6) is 0.994. The highest BCUT2D eigenvalue weighted by atomic mass is 35.5. The van der Waals surface area contributed by atoms with E-state index in [2.05, 4.69) is 52.9 Å². The highest BCUT2D eigenvalue weighted by Crippen LogP contribution is 2.21. The minimum Gasteiger partial charge on any atom is -0.299 e. The third kappa shape index (κ3) is 3.57. The lowest BCUT2D eigenvalue weighted by molar-refractivity contribution is 0.486. The molecule has 0 amide bonds. The summed E-state index contributed by atoms with van der Waals surface area (Å²) in [4.78, 5) is 0. The van der Waals surface area contributed by atoms with Crippen molar-refractivity contribution in [2.45, 2.75) is 45.6 Å². The van der Waals surface area contributed by atoms with Gasteiger partial charge in [-0.3, -0.25) is 4.57 Å². The number of nitrogens with zero attached hydrogens (tertiary/aromatic N) is 3. The second-order valence-corrected chi connectivity index (χ2v) is 5.22. The second-order valence-electron chi connectivity index (χ2n) is 4.88. The van der Waals surface area contributed by atoms with Crippen LogP contribution in [0.1, 0.15) is 44.1 Å². The van der Waals surface area contributed by atoms with Gasteiger partial charge in [0.15, 0.2) is 0 Å². The number of hydrogen-bond donors (Lipinski definition) is 0. The van der Waals surface area contributed by atoms with E-state index in [0.29, 0.717) is 11.3 Å². The van der Waals surface area contributed by atoms with E-state index in [1.165, 1.54) is 5.56 Å². The molecule has 19 heavy (non-hydrogen) atoms. The van der Waals surface area contributed by atoms with Crippen LogP contribution in [0.15, 0.2) is 30.3 Å². The summed E-state index contributed by atoms with van der Waals surface area (Å²) in [6, 6.07) is 10.8. The van der Waals surface area contributed by atoms with Crippen molar-refractivity contribution in [2.75, 3.05) is 0 Å². The molecule has 2 rings (SSSR count). The first-order valence-corrected chi connectivity index (χ1v) is 7.23. The molecule has 0 spiro atoms. The van der Waals surface area contributed by atoms with Crippen molar-refractivity contribution < 1.29 is 0 Å². The van der Waals surface area contributed by atoms with Crippen LogP contribution >= 0.6 is 11.6 Å². The summed E-state index contributed by atoms with van der Waals surface area (Å²) >= 11 is 6.15. The molecular formula is C15H20ClN3. The van der Waals surface area contributed by atoms with Gasteiger partial charge in [-0.25, -0.2) is 0 Å². The predicted molar refractivity (Wildman–Crippen MR) is 78.5 cm³/mol. The SMILES string of the molecule is CCCc1nnc(Cl)n1C(C)CCc1ccccc1.